The SMILES string of the molecule is CC1CC(N)CN(c2cncc3nnnn23)C1. The quantitative estimate of drug-likeness (QED) is 0.727. The maximum absolute atomic E-state index is 6.05. The molecule has 90 valence electrons. The monoisotopic (exact) mass is 233 g/mol. The maximum atomic E-state index is 6.05. The molecule has 2 N–H and O–H groups in total. The van der Waals surface area contributed by atoms with Gasteiger partial charge in [-0.25, -0.2) is 0 Å². The Bertz CT molecular complexity index is 512. The van der Waals surface area contributed by atoms with Crippen LogP contribution in [0.3, 0.4) is 0 Å². The third kappa shape index (κ3) is 1.82. The first-order valence-corrected chi connectivity index (χ1v) is 5.76. The Kier molecular flexibility index (Phi) is 2.40. The highest BCUT2D eigenvalue weighted by Gasteiger charge is 2.24. The van der Waals surface area contributed by atoms with E-state index in [4.69, 9.17) is 5.73 Å². The topological polar surface area (TPSA) is 85.2 Å². The van der Waals surface area contributed by atoms with Crippen molar-refractivity contribution in [1.82, 2.24) is 25.0 Å². The predicted octanol–water partition coefficient (Wildman–Crippen LogP) is -0.307. The number of fused-ring (bicyclic) bond motifs is 1. The zero-order valence-corrected chi connectivity index (χ0v) is 9.69. The van der Waals surface area contributed by atoms with Gasteiger partial charge < -0.3 is 10.6 Å². The minimum Gasteiger partial charge on any atom is -0.353 e. The molecule has 2 unspecified atom stereocenters. The van der Waals surface area contributed by atoms with Gasteiger partial charge in [-0.2, -0.15) is 4.52 Å². The predicted molar refractivity (Wildman–Crippen MR) is 62.5 cm³/mol. The van der Waals surface area contributed by atoms with Crippen molar-refractivity contribution < 1.29 is 0 Å². The number of rotatable bonds is 1. The lowest BCUT2D eigenvalue weighted by molar-refractivity contribution is 0.398. The van der Waals surface area contributed by atoms with Crippen molar-refractivity contribution in [3.05, 3.63) is 12.4 Å². The molecular weight excluding hydrogens is 218 g/mol. The summed E-state index contributed by atoms with van der Waals surface area (Å²) in [6.07, 6.45) is 4.50. The zero-order chi connectivity index (χ0) is 11.8. The molecule has 0 aromatic carbocycles. The van der Waals surface area contributed by atoms with E-state index in [1.54, 1.807) is 16.9 Å². The third-order valence-electron chi connectivity index (χ3n) is 3.11. The molecule has 2 aromatic rings. The second-order valence-electron chi connectivity index (χ2n) is 4.72. The summed E-state index contributed by atoms with van der Waals surface area (Å²) < 4.78 is 1.71. The maximum Gasteiger partial charge on any atom is 0.199 e. The van der Waals surface area contributed by atoms with Crippen LogP contribution in [-0.4, -0.2) is 44.2 Å². The van der Waals surface area contributed by atoms with Gasteiger partial charge in [0.05, 0.1) is 12.4 Å². The second-order valence-corrected chi connectivity index (χ2v) is 4.72. The fourth-order valence-electron chi connectivity index (χ4n) is 2.47. The summed E-state index contributed by atoms with van der Waals surface area (Å²) in [7, 11) is 0. The summed E-state index contributed by atoms with van der Waals surface area (Å²) >= 11 is 0. The van der Waals surface area contributed by atoms with Crippen LogP contribution in [0.2, 0.25) is 0 Å². The number of hydrogen-bond acceptors (Lipinski definition) is 6. The van der Waals surface area contributed by atoms with E-state index in [0.29, 0.717) is 11.6 Å². The van der Waals surface area contributed by atoms with Crippen LogP contribution in [-0.2, 0) is 0 Å². The Morgan fingerprint density at radius 3 is 3.06 bits per heavy atom. The molecule has 1 saturated heterocycles. The standard InChI is InChI=1S/C10H15N7/c1-7-2-8(11)6-16(5-7)10-4-12-3-9-13-14-15-17(9)10/h3-4,7-8H,2,5-6,11H2,1H3. The molecule has 2 aromatic heterocycles. The van der Waals surface area contributed by atoms with Crippen LogP contribution in [0.25, 0.3) is 5.65 Å². The Morgan fingerprint density at radius 1 is 1.35 bits per heavy atom. The van der Waals surface area contributed by atoms with Crippen molar-refractivity contribution in [3.63, 3.8) is 0 Å². The van der Waals surface area contributed by atoms with E-state index in [1.165, 1.54) is 0 Å². The fourth-order valence-corrected chi connectivity index (χ4v) is 2.47. The lowest BCUT2D eigenvalue weighted by atomic mass is 9.97. The van der Waals surface area contributed by atoms with Crippen LogP contribution in [0.15, 0.2) is 12.4 Å². The molecule has 1 fully saturated rings. The first-order chi connectivity index (χ1) is 8.24. The summed E-state index contributed by atoms with van der Waals surface area (Å²) in [5.41, 5.74) is 6.71. The van der Waals surface area contributed by atoms with Gasteiger partial charge >= 0.3 is 0 Å². The van der Waals surface area contributed by atoms with Gasteiger partial charge in [0.2, 0.25) is 0 Å². The van der Waals surface area contributed by atoms with Crippen molar-refractivity contribution in [2.45, 2.75) is 19.4 Å². The van der Waals surface area contributed by atoms with E-state index in [9.17, 15) is 0 Å². The molecule has 0 bridgehead atoms. The molecule has 2 atom stereocenters. The van der Waals surface area contributed by atoms with Crippen LogP contribution >= 0.6 is 0 Å². The van der Waals surface area contributed by atoms with Gasteiger partial charge in [0, 0.05) is 19.1 Å². The minimum atomic E-state index is 0.200. The number of nitrogens with zero attached hydrogens (tertiary/aromatic N) is 6. The molecule has 3 heterocycles. The Balaban J connectivity index is 2.00. The van der Waals surface area contributed by atoms with Gasteiger partial charge in [0.15, 0.2) is 11.5 Å². The zero-order valence-electron chi connectivity index (χ0n) is 9.69. The average Bonchev–Trinajstić information content (AvgIpc) is 2.75. The summed E-state index contributed by atoms with van der Waals surface area (Å²) in [4.78, 5) is 6.37. The normalized spacial score (nSPS) is 25.4. The van der Waals surface area contributed by atoms with Gasteiger partial charge in [-0.1, -0.05) is 6.92 Å². The number of anilines is 1. The first-order valence-electron chi connectivity index (χ1n) is 5.76. The van der Waals surface area contributed by atoms with E-state index in [1.807, 2.05) is 0 Å². The highest BCUT2D eigenvalue weighted by Crippen LogP contribution is 2.21. The van der Waals surface area contributed by atoms with E-state index in [0.717, 1.165) is 25.3 Å². The van der Waals surface area contributed by atoms with Gasteiger partial charge in [0.25, 0.3) is 0 Å². The summed E-state index contributed by atoms with van der Waals surface area (Å²) in [6, 6.07) is 0.200. The Hall–Kier alpha value is -1.76. The number of tetrazole rings is 1. The van der Waals surface area contributed by atoms with Crippen LogP contribution in [0.1, 0.15) is 13.3 Å². The largest absolute Gasteiger partial charge is 0.353 e. The molecule has 7 nitrogen and oxygen atoms in total. The first kappa shape index (κ1) is 10.4. The smallest absolute Gasteiger partial charge is 0.199 e. The summed E-state index contributed by atoms with van der Waals surface area (Å²) in [5.74, 6) is 1.49. The van der Waals surface area contributed by atoms with Crippen molar-refractivity contribution in [2.75, 3.05) is 18.0 Å². The lowest BCUT2D eigenvalue weighted by Gasteiger charge is -2.35. The second kappa shape index (κ2) is 3.92. The van der Waals surface area contributed by atoms with Gasteiger partial charge in [-0.15, -0.1) is 5.10 Å². The Morgan fingerprint density at radius 2 is 2.24 bits per heavy atom. The number of piperidine rings is 1. The fraction of sp³-hybridized carbons (Fsp3) is 0.600. The summed E-state index contributed by atoms with van der Waals surface area (Å²) in [6.45, 7) is 4.00. The van der Waals surface area contributed by atoms with Crippen LogP contribution in [0.5, 0.6) is 0 Å². The third-order valence-corrected chi connectivity index (χ3v) is 3.11. The van der Waals surface area contributed by atoms with E-state index in [-0.39, 0.29) is 6.04 Å². The van der Waals surface area contributed by atoms with Crippen molar-refractivity contribution in [1.29, 1.82) is 0 Å². The van der Waals surface area contributed by atoms with Crippen LogP contribution in [0.4, 0.5) is 5.82 Å². The van der Waals surface area contributed by atoms with E-state index < -0.39 is 0 Å². The molecule has 7 heteroatoms. The molecular formula is C10H15N7. The molecule has 3 rings (SSSR count). The average molecular weight is 233 g/mol. The Labute approximate surface area is 98.6 Å². The van der Waals surface area contributed by atoms with Crippen LogP contribution < -0.4 is 10.6 Å². The van der Waals surface area contributed by atoms with E-state index >= 15 is 0 Å². The van der Waals surface area contributed by atoms with Gasteiger partial charge in [-0.05, 0) is 22.8 Å². The lowest BCUT2D eigenvalue weighted by Crippen LogP contribution is -2.47. The number of aromatic nitrogens is 5. The summed E-state index contributed by atoms with van der Waals surface area (Å²) in [5, 5.41) is 11.5. The highest BCUT2D eigenvalue weighted by atomic mass is 15.5. The van der Waals surface area contributed by atoms with Crippen molar-refractivity contribution >= 4 is 11.5 Å². The molecule has 0 spiro atoms. The molecule has 1 aliphatic rings. The molecule has 1 aliphatic heterocycles. The molecule has 0 amide bonds. The highest BCUT2D eigenvalue weighted by molar-refractivity contribution is 5.46. The number of hydrogen-bond donors (Lipinski definition) is 1. The number of nitrogens with two attached hydrogens (primary N) is 1. The van der Waals surface area contributed by atoms with Crippen molar-refractivity contribution in [2.24, 2.45) is 11.7 Å². The minimum absolute atomic E-state index is 0.200. The molecule has 0 radical (unpaired) electrons. The van der Waals surface area contributed by atoms with Gasteiger partial charge in [0.1, 0.15) is 0 Å². The van der Waals surface area contributed by atoms with Crippen LogP contribution in [0, 0.1) is 5.92 Å². The van der Waals surface area contributed by atoms with Gasteiger partial charge in [-0.3, -0.25) is 4.98 Å². The molecule has 0 aliphatic carbocycles. The van der Waals surface area contributed by atoms with E-state index in [2.05, 4.69) is 32.3 Å². The molecule has 17 heavy (non-hydrogen) atoms. The molecule has 0 saturated carbocycles. The van der Waals surface area contributed by atoms with Crippen molar-refractivity contribution in [3.8, 4) is 0 Å².